The predicted molar refractivity (Wildman–Crippen MR) is 86.1 cm³/mol. The fourth-order valence-corrected chi connectivity index (χ4v) is 2.63. The number of fused-ring (bicyclic) bond motifs is 1. The van der Waals surface area contributed by atoms with Crippen molar-refractivity contribution >= 4 is 5.97 Å². The molecule has 1 unspecified atom stereocenters. The topological polar surface area (TPSA) is 59.0 Å². The minimum atomic E-state index is -0.906. The Labute approximate surface area is 135 Å². The molecule has 120 valence electrons. The third-order valence-corrected chi connectivity index (χ3v) is 3.74. The molecule has 1 aliphatic heterocycles. The van der Waals surface area contributed by atoms with Crippen molar-refractivity contribution in [1.82, 2.24) is 4.90 Å². The lowest BCUT2D eigenvalue weighted by atomic mass is 10.1. The predicted octanol–water partition coefficient (Wildman–Crippen LogP) is 2.66. The summed E-state index contributed by atoms with van der Waals surface area (Å²) in [5.74, 6) is 0.662. The number of hydrogen-bond acceptors (Lipinski definition) is 4. The summed E-state index contributed by atoms with van der Waals surface area (Å²) in [6.45, 7) is 1.98. The molecule has 0 bridgehead atoms. The molecule has 2 aromatic carbocycles. The minimum Gasteiger partial charge on any atom is -0.486 e. The van der Waals surface area contributed by atoms with E-state index in [9.17, 15) is 4.79 Å². The van der Waals surface area contributed by atoms with Crippen LogP contribution in [-0.2, 0) is 6.54 Å². The molecular weight excluding hydrogens is 294 g/mol. The molecule has 0 saturated heterocycles. The normalized spacial score (nSPS) is 16.3. The van der Waals surface area contributed by atoms with Gasteiger partial charge in [0.05, 0.1) is 5.56 Å². The zero-order chi connectivity index (χ0) is 16.2. The van der Waals surface area contributed by atoms with Gasteiger partial charge in [0.15, 0.2) is 11.5 Å². The Morgan fingerprint density at radius 1 is 1.17 bits per heavy atom. The number of carboxylic acid groups (broad SMARTS) is 1. The number of rotatable bonds is 5. The van der Waals surface area contributed by atoms with Crippen LogP contribution in [0.15, 0.2) is 48.5 Å². The lowest BCUT2D eigenvalue weighted by Gasteiger charge is -2.29. The molecule has 23 heavy (non-hydrogen) atoms. The molecule has 0 aromatic heterocycles. The SMILES string of the molecule is CN(Cc1ccc(C(=O)O)cc1)CC1COc2ccccc2O1. The van der Waals surface area contributed by atoms with E-state index in [0.29, 0.717) is 12.2 Å². The fraction of sp³-hybridized carbons (Fsp3) is 0.278. The second-order valence-corrected chi connectivity index (χ2v) is 5.70. The average molecular weight is 313 g/mol. The number of likely N-dealkylation sites (N-methyl/N-ethyl adjacent to an activating group) is 1. The van der Waals surface area contributed by atoms with Crippen LogP contribution >= 0.6 is 0 Å². The van der Waals surface area contributed by atoms with Crippen LogP contribution in [0.2, 0.25) is 0 Å². The van der Waals surface area contributed by atoms with Crippen molar-refractivity contribution in [3.8, 4) is 11.5 Å². The Hall–Kier alpha value is -2.53. The van der Waals surface area contributed by atoms with Crippen LogP contribution < -0.4 is 9.47 Å². The van der Waals surface area contributed by atoms with E-state index in [1.54, 1.807) is 12.1 Å². The number of ether oxygens (including phenoxy) is 2. The summed E-state index contributed by atoms with van der Waals surface area (Å²) in [6.07, 6.45) is -0.0202. The van der Waals surface area contributed by atoms with Gasteiger partial charge in [0, 0.05) is 13.1 Å². The van der Waals surface area contributed by atoms with E-state index in [4.69, 9.17) is 14.6 Å². The van der Waals surface area contributed by atoms with Gasteiger partial charge in [-0.15, -0.1) is 0 Å². The highest BCUT2D eigenvalue weighted by Crippen LogP contribution is 2.31. The number of para-hydroxylation sites is 2. The maximum atomic E-state index is 10.9. The molecule has 1 atom stereocenters. The lowest BCUT2D eigenvalue weighted by molar-refractivity contribution is 0.0638. The van der Waals surface area contributed by atoms with Gasteiger partial charge in [0.2, 0.25) is 0 Å². The summed E-state index contributed by atoms with van der Waals surface area (Å²) < 4.78 is 11.7. The van der Waals surface area contributed by atoms with E-state index in [-0.39, 0.29) is 6.10 Å². The molecule has 2 aromatic rings. The Morgan fingerprint density at radius 3 is 2.57 bits per heavy atom. The van der Waals surface area contributed by atoms with E-state index in [0.717, 1.165) is 30.2 Å². The van der Waals surface area contributed by atoms with Crippen molar-refractivity contribution in [3.63, 3.8) is 0 Å². The van der Waals surface area contributed by atoms with Gasteiger partial charge in [-0.2, -0.15) is 0 Å². The summed E-state index contributed by atoms with van der Waals surface area (Å²) in [6, 6.07) is 14.6. The van der Waals surface area contributed by atoms with Crippen LogP contribution in [0.4, 0.5) is 0 Å². The molecule has 0 saturated carbocycles. The van der Waals surface area contributed by atoms with Crippen molar-refractivity contribution in [3.05, 3.63) is 59.7 Å². The minimum absolute atomic E-state index is 0.0202. The van der Waals surface area contributed by atoms with Gasteiger partial charge in [-0.25, -0.2) is 4.79 Å². The summed E-state index contributed by atoms with van der Waals surface area (Å²) in [5.41, 5.74) is 1.37. The third-order valence-electron chi connectivity index (χ3n) is 3.74. The third kappa shape index (κ3) is 3.81. The van der Waals surface area contributed by atoms with Gasteiger partial charge in [-0.05, 0) is 36.9 Å². The van der Waals surface area contributed by atoms with E-state index in [2.05, 4.69) is 4.90 Å². The van der Waals surface area contributed by atoms with Crippen molar-refractivity contribution in [1.29, 1.82) is 0 Å². The second kappa shape index (κ2) is 6.71. The lowest BCUT2D eigenvalue weighted by Crippen LogP contribution is -2.39. The highest BCUT2D eigenvalue weighted by molar-refractivity contribution is 5.87. The van der Waals surface area contributed by atoms with E-state index < -0.39 is 5.97 Å². The summed E-state index contributed by atoms with van der Waals surface area (Å²) in [5, 5.41) is 8.91. The number of aromatic carboxylic acids is 1. The first-order valence-electron chi connectivity index (χ1n) is 7.51. The number of benzene rings is 2. The van der Waals surface area contributed by atoms with Gasteiger partial charge in [0.25, 0.3) is 0 Å². The van der Waals surface area contributed by atoms with Crippen molar-refractivity contribution < 1.29 is 19.4 Å². The molecule has 3 rings (SSSR count). The van der Waals surface area contributed by atoms with E-state index in [1.807, 2.05) is 43.4 Å². The largest absolute Gasteiger partial charge is 0.486 e. The molecule has 0 spiro atoms. The van der Waals surface area contributed by atoms with Gasteiger partial charge in [0.1, 0.15) is 12.7 Å². The number of hydrogen-bond donors (Lipinski definition) is 1. The van der Waals surface area contributed by atoms with Crippen molar-refractivity contribution in [2.45, 2.75) is 12.6 Å². The van der Waals surface area contributed by atoms with Crippen LogP contribution in [0.25, 0.3) is 0 Å². The standard InChI is InChI=1S/C18H19NO4/c1-19(10-13-6-8-14(9-7-13)18(20)21)11-15-12-22-16-4-2-3-5-17(16)23-15/h2-9,15H,10-12H2,1H3,(H,20,21). The molecule has 1 heterocycles. The van der Waals surface area contributed by atoms with Gasteiger partial charge in [-0.1, -0.05) is 24.3 Å². The van der Waals surface area contributed by atoms with Crippen molar-refractivity contribution in [2.24, 2.45) is 0 Å². The number of carboxylic acids is 1. The second-order valence-electron chi connectivity index (χ2n) is 5.70. The zero-order valence-electron chi connectivity index (χ0n) is 12.9. The average Bonchev–Trinajstić information content (AvgIpc) is 2.55. The van der Waals surface area contributed by atoms with Crippen LogP contribution in [0.1, 0.15) is 15.9 Å². The monoisotopic (exact) mass is 313 g/mol. The van der Waals surface area contributed by atoms with Gasteiger partial charge >= 0.3 is 5.97 Å². The molecule has 1 aliphatic rings. The first-order chi connectivity index (χ1) is 11.1. The van der Waals surface area contributed by atoms with Gasteiger partial charge < -0.3 is 14.6 Å². The molecule has 5 nitrogen and oxygen atoms in total. The Morgan fingerprint density at radius 2 is 1.87 bits per heavy atom. The highest BCUT2D eigenvalue weighted by Gasteiger charge is 2.21. The molecule has 0 radical (unpaired) electrons. The summed E-state index contributed by atoms with van der Waals surface area (Å²) >= 11 is 0. The molecule has 0 aliphatic carbocycles. The van der Waals surface area contributed by atoms with E-state index in [1.165, 1.54) is 0 Å². The zero-order valence-corrected chi connectivity index (χ0v) is 12.9. The molecule has 1 N–H and O–H groups in total. The van der Waals surface area contributed by atoms with Crippen LogP contribution in [0.3, 0.4) is 0 Å². The summed E-state index contributed by atoms with van der Waals surface area (Å²) in [7, 11) is 2.01. The van der Waals surface area contributed by atoms with E-state index >= 15 is 0 Å². The molecular formula is C18H19NO4. The maximum absolute atomic E-state index is 10.9. The molecule has 0 amide bonds. The van der Waals surface area contributed by atoms with Crippen LogP contribution in [-0.4, -0.2) is 42.3 Å². The molecule has 0 fully saturated rings. The van der Waals surface area contributed by atoms with Crippen LogP contribution in [0.5, 0.6) is 11.5 Å². The maximum Gasteiger partial charge on any atom is 0.335 e. The molecule has 5 heteroatoms. The number of nitrogens with zero attached hydrogens (tertiary/aromatic N) is 1. The first kappa shape index (κ1) is 15.4. The quantitative estimate of drug-likeness (QED) is 0.919. The smallest absolute Gasteiger partial charge is 0.335 e. The first-order valence-corrected chi connectivity index (χ1v) is 7.51. The fourth-order valence-electron chi connectivity index (χ4n) is 2.63. The Bertz CT molecular complexity index is 684. The highest BCUT2D eigenvalue weighted by atomic mass is 16.6. The van der Waals surface area contributed by atoms with Crippen LogP contribution in [0, 0.1) is 0 Å². The Balaban J connectivity index is 1.55. The Kier molecular flexibility index (Phi) is 4.48. The van der Waals surface area contributed by atoms with Gasteiger partial charge in [-0.3, -0.25) is 4.90 Å². The summed E-state index contributed by atoms with van der Waals surface area (Å²) in [4.78, 5) is 13.0. The number of carbonyl (C=O) groups is 1. The van der Waals surface area contributed by atoms with Crippen molar-refractivity contribution in [2.75, 3.05) is 20.2 Å².